The maximum absolute atomic E-state index is 8.46. The standard InChI is InChI=1S/C7H17N3O/c1-10(7(8)9)5-3-2-4-6-11/h11H,2-6H2,1H3,(H3,8,9). The Morgan fingerprint density at radius 3 is 2.55 bits per heavy atom. The molecule has 0 amide bonds. The predicted molar refractivity (Wildman–Crippen MR) is 45.5 cm³/mol. The molecule has 11 heavy (non-hydrogen) atoms. The van der Waals surface area contributed by atoms with Crippen LogP contribution in [0.25, 0.3) is 0 Å². The molecule has 0 aromatic heterocycles. The molecule has 0 fully saturated rings. The van der Waals surface area contributed by atoms with E-state index in [9.17, 15) is 0 Å². The highest BCUT2D eigenvalue weighted by molar-refractivity contribution is 5.74. The molecule has 0 atom stereocenters. The fourth-order valence-electron chi connectivity index (χ4n) is 0.758. The minimum atomic E-state index is 0.106. The van der Waals surface area contributed by atoms with Crippen molar-refractivity contribution >= 4 is 5.96 Å². The van der Waals surface area contributed by atoms with E-state index in [2.05, 4.69) is 0 Å². The zero-order valence-electron chi connectivity index (χ0n) is 7.01. The van der Waals surface area contributed by atoms with Gasteiger partial charge >= 0.3 is 0 Å². The summed E-state index contributed by atoms with van der Waals surface area (Å²) < 4.78 is 0. The molecule has 4 heteroatoms. The van der Waals surface area contributed by atoms with E-state index in [4.69, 9.17) is 16.2 Å². The van der Waals surface area contributed by atoms with Crippen molar-refractivity contribution < 1.29 is 5.11 Å². The summed E-state index contributed by atoms with van der Waals surface area (Å²) in [6.45, 7) is 1.05. The first-order valence-corrected chi connectivity index (χ1v) is 3.84. The van der Waals surface area contributed by atoms with Crippen molar-refractivity contribution in [1.82, 2.24) is 4.90 Å². The first kappa shape index (κ1) is 10.2. The van der Waals surface area contributed by atoms with Crippen LogP contribution in [-0.2, 0) is 0 Å². The van der Waals surface area contributed by atoms with Crippen molar-refractivity contribution in [3.05, 3.63) is 0 Å². The molecule has 0 saturated heterocycles. The molecule has 0 rings (SSSR count). The minimum Gasteiger partial charge on any atom is -0.396 e. The number of hydrogen-bond donors (Lipinski definition) is 3. The zero-order chi connectivity index (χ0) is 8.69. The Labute approximate surface area is 67.5 Å². The summed E-state index contributed by atoms with van der Waals surface area (Å²) in [7, 11) is 1.79. The highest BCUT2D eigenvalue weighted by Crippen LogP contribution is 1.95. The zero-order valence-corrected chi connectivity index (χ0v) is 7.01. The molecule has 0 bridgehead atoms. The summed E-state index contributed by atoms with van der Waals surface area (Å²) in [6, 6.07) is 0. The number of aliphatic hydroxyl groups excluding tert-OH is 1. The molecule has 4 N–H and O–H groups in total. The van der Waals surface area contributed by atoms with Gasteiger partial charge in [-0.05, 0) is 19.3 Å². The van der Waals surface area contributed by atoms with E-state index in [1.165, 1.54) is 0 Å². The van der Waals surface area contributed by atoms with E-state index in [-0.39, 0.29) is 12.6 Å². The summed E-state index contributed by atoms with van der Waals surface area (Å²) >= 11 is 0. The van der Waals surface area contributed by atoms with Crippen LogP contribution in [-0.4, -0.2) is 36.2 Å². The maximum atomic E-state index is 8.46. The van der Waals surface area contributed by atoms with E-state index in [0.29, 0.717) is 0 Å². The van der Waals surface area contributed by atoms with Gasteiger partial charge in [0.2, 0.25) is 0 Å². The van der Waals surface area contributed by atoms with Crippen molar-refractivity contribution in [3.63, 3.8) is 0 Å². The largest absolute Gasteiger partial charge is 0.396 e. The van der Waals surface area contributed by atoms with Gasteiger partial charge in [-0.1, -0.05) is 0 Å². The van der Waals surface area contributed by atoms with E-state index in [0.717, 1.165) is 25.8 Å². The summed E-state index contributed by atoms with van der Waals surface area (Å²) in [5.74, 6) is 0.106. The van der Waals surface area contributed by atoms with Gasteiger partial charge in [-0.25, -0.2) is 0 Å². The summed E-state index contributed by atoms with van der Waals surface area (Å²) in [5.41, 5.74) is 5.21. The quantitative estimate of drug-likeness (QED) is 0.300. The van der Waals surface area contributed by atoms with E-state index in [1.807, 2.05) is 0 Å². The maximum Gasteiger partial charge on any atom is 0.188 e. The van der Waals surface area contributed by atoms with Gasteiger partial charge in [-0.3, -0.25) is 5.41 Å². The van der Waals surface area contributed by atoms with E-state index in [1.54, 1.807) is 11.9 Å². The smallest absolute Gasteiger partial charge is 0.188 e. The van der Waals surface area contributed by atoms with Crippen molar-refractivity contribution in [1.29, 1.82) is 5.41 Å². The van der Waals surface area contributed by atoms with Crippen LogP contribution in [0.3, 0.4) is 0 Å². The predicted octanol–water partition coefficient (Wildman–Crippen LogP) is -0.0257. The third-order valence-electron chi connectivity index (χ3n) is 1.56. The lowest BCUT2D eigenvalue weighted by Gasteiger charge is -2.15. The Balaban J connectivity index is 3.17. The Hall–Kier alpha value is -0.770. The van der Waals surface area contributed by atoms with Crippen LogP contribution < -0.4 is 5.73 Å². The van der Waals surface area contributed by atoms with E-state index >= 15 is 0 Å². The number of nitrogens with one attached hydrogen (secondary N) is 1. The van der Waals surface area contributed by atoms with Gasteiger partial charge in [0.25, 0.3) is 0 Å². The number of nitrogens with two attached hydrogens (primary N) is 1. The molecule has 0 aliphatic carbocycles. The van der Waals surface area contributed by atoms with E-state index < -0.39 is 0 Å². The van der Waals surface area contributed by atoms with Crippen LogP contribution >= 0.6 is 0 Å². The molecule has 0 aliphatic heterocycles. The lowest BCUT2D eigenvalue weighted by molar-refractivity contribution is 0.281. The van der Waals surface area contributed by atoms with Gasteiger partial charge in [0.1, 0.15) is 0 Å². The first-order chi connectivity index (χ1) is 5.18. The molecular formula is C7H17N3O. The Morgan fingerprint density at radius 1 is 1.45 bits per heavy atom. The molecular weight excluding hydrogens is 142 g/mol. The second-order valence-electron chi connectivity index (χ2n) is 2.59. The Kier molecular flexibility index (Phi) is 5.56. The second-order valence-corrected chi connectivity index (χ2v) is 2.59. The summed E-state index contributed by atoms with van der Waals surface area (Å²) in [4.78, 5) is 1.69. The monoisotopic (exact) mass is 159 g/mol. The molecule has 0 spiro atoms. The van der Waals surface area contributed by atoms with Crippen LogP contribution in [0.2, 0.25) is 0 Å². The van der Waals surface area contributed by atoms with Crippen LogP contribution in [0.5, 0.6) is 0 Å². The van der Waals surface area contributed by atoms with Gasteiger partial charge in [0.05, 0.1) is 0 Å². The topological polar surface area (TPSA) is 73.3 Å². The average molecular weight is 159 g/mol. The molecule has 4 nitrogen and oxygen atoms in total. The molecule has 0 aromatic rings. The molecule has 0 heterocycles. The summed E-state index contributed by atoms with van der Waals surface area (Å²) in [6.07, 6.45) is 2.82. The SMILES string of the molecule is CN(CCCCCO)C(=N)N. The summed E-state index contributed by atoms with van der Waals surface area (Å²) in [5, 5.41) is 15.5. The number of aliphatic hydroxyl groups is 1. The van der Waals surface area contributed by atoms with Crippen LogP contribution in [0.4, 0.5) is 0 Å². The van der Waals surface area contributed by atoms with Crippen LogP contribution in [0, 0.1) is 5.41 Å². The van der Waals surface area contributed by atoms with Crippen LogP contribution in [0.1, 0.15) is 19.3 Å². The van der Waals surface area contributed by atoms with Crippen molar-refractivity contribution in [2.24, 2.45) is 5.73 Å². The fourth-order valence-corrected chi connectivity index (χ4v) is 0.758. The Morgan fingerprint density at radius 2 is 2.09 bits per heavy atom. The number of rotatable bonds is 5. The first-order valence-electron chi connectivity index (χ1n) is 3.84. The number of unbranched alkanes of at least 4 members (excludes halogenated alkanes) is 2. The number of guanidine groups is 1. The normalized spacial score (nSPS) is 9.64. The number of nitrogens with zero attached hydrogens (tertiary/aromatic N) is 1. The molecule has 0 radical (unpaired) electrons. The van der Waals surface area contributed by atoms with Crippen molar-refractivity contribution in [3.8, 4) is 0 Å². The van der Waals surface area contributed by atoms with Crippen molar-refractivity contribution in [2.75, 3.05) is 20.2 Å². The minimum absolute atomic E-state index is 0.106. The highest BCUT2D eigenvalue weighted by Gasteiger charge is 1.97. The van der Waals surface area contributed by atoms with Gasteiger partial charge in [0, 0.05) is 20.2 Å². The average Bonchev–Trinajstić information content (AvgIpc) is 1.97. The van der Waals surface area contributed by atoms with Gasteiger partial charge in [0.15, 0.2) is 5.96 Å². The van der Waals surface area contributed by atoms with Gasteiger partial charge < -0.3 is 15.7 Å². The van der Waals surface area contributed by atoms with Gasteiger partial charge in [-0.2, -0.15) is 0 Å². The highest BCUT2D eigenvalue weighted by atomic mass is 16.2. The number of hydrogen-bond acceptors (Lipinski definition) is 2. The molecule has 0 saturated carbocycles. The lowest BCUT2D eigenvalue weighted by Crippen LogP contribution is -2.33. The van der Waals surface area contributed by atoms with Gasteiger partial charge in [-0.15, -0.1) is 0 Å². The molecule has 66 valence electrons. The second kappa shape index (κ2) is 5.97. The molecule has 0 aromatic carbocycles. The third-order valence-corrected chi connectivity index (χ3v) is 1.56. The van der Waals surface area contributed by atoms with Crippen LogP contribution in [0.15, 0.2) is 0 Å². The third kappa shape index (κ3) is 5.66. The Bertz CT molecular complexity index is 116. The fraction of sp³-hybridized carbons (Fsp3) is 0.857. The molecule has 0 aliphatic rings. The lowest BCUT2D eigenvalue weighted by atomic mass is 10.2. The van der Waals surface area contributed by atoms with Crippen molar-refractivity contribution in [2.45, 2.75) is 19.3 Å². The molecule has 0 unspecified atom stereocenters.